The van der Waals surface area contributed by atoms with Crippen molar-refractivity contribution in [2.45, 2.75) is 31.5 Å². The molecule has 1 atom stereocenters. The molecule has 2 amide bonds. The molecule has 0 bridgehead atoms. The summed E-state index contributed by atoms with van der Waals surface area (Å²) in [7, 11) is 0. The molecule has 0 aromatic heterocycles. The van der Waals surface area contributed by atoms with Gasteiger partial charge in [-0.3, -0.25) is 0 Å². The van der Waals surface area contributed by atoms with Crippen molar-refractivity contribution < 1.29 is 33.0 Å². The average Bonchev–Trinajstić information content (AvgIpc) is 2.22. The third kappa shape index (κ3) is 8.62. The minimum absolute atomic E-state index is 0.175. The Bertz CT molecular complexity index is 283. The number of aliphatic hydroxyl groups is 1. The third-order valence-electron chi connectivity index (χ3n) is 1.94. The summed E-state index contributed by atoms with van der Waals surface area (Å²) >= 11 is 0. The van der Waals surface area contributed by atoms with Crippen LogP contribution in [-0.2, 0) is 4.79 Å². The van der Waals surface area contributed by atoms with Crippen molar-refractivity contribution in [3.8, 4) is 0 Å². The molecule has 0 aliphatic carbocycles. The van der Waals surface area contributed by atoms with Gasteiger partial charge in [-0.05, 0) is 6.42 Å². The quantitative estimate of drug-likeness (QED) is 0.506. The Morgan fingerprint density at radius 2 is 1.89 bits per heavy atom. The first-order chi connectivity index (χ1) is 8.26. The Kier molecular flexibility index (Phi) is 7.10. The van der Waals surface area contributed by atoms with E-state index in [1.165, 1.54) is 0 Å². The number of alkyl halides is 3. The highest BCUT2D eigenvalue weighted by Crippen LogP contribution is 2.20. The predicted octanol–water partition coefficient (Wildman–Crippen LogP) is 0.464. The molecule has 18 heavy (non-hydrogen) atoms. The van der Waals surface area contributed by atoms with Crippen LogP contribution in [0.5, 0.6) is 0 Å². The summed E-state index contributed by atoms with van der Waals surface area (Å²) in [5.41, 5.74) is 0. The van der Waals surface area contributed by atoms with Crippen molar-refractivity contribution in [1.29, 1.82) is 0 Å². The highest BCUT2D eigenvalue weighted by atomic mass is 19.4. The molecule has 6 nitrogen and oxygen atoms in total. The largest absolute Gasteiger partial charge is 0.480 e. The number of rotatable bonds is 7. The van der Waals surface area contributed by atoms with Crippen molar-refractivity contribution in [3.63, 3.8) is 0 Å². The van der Waals surface area contributed by atoms with E-state index < -0.39 is 37.2 Å². The molecule has 0 fully saturated rings. The van der Waals surface area contributed by atoms with Gasteiger partial charge >= 0.3 is 18.2 Å². The van der Waals surface area contributed by atoms with Crippen molar-refractivity contribution in [2.75, 3.05) is 13.2 Å². The first-order valence-electron chi connectivity index (χ1n) is 5.21. The van der Waals surface area contributed by atoms with E-state index in [9.17, 15) is 22.8 Å². The number of amides is 2. The maximum absolute atomic E-state index is 11.8. The number of carbonyl (C=O) groups excluding carboxylic acids is 1. The van der Waals surface area contributed by atoms with Crippen LogP contribution in [0.1, 0.15) is 19.3 Å². The molecule has 0 aliphatic rings. The number of carboxylic acid groups (broad SMARTS) is 1. The van der Waals surface area contributed by atoms with Crippen LogP contribution in [0.25, 0.3) is 0 Å². The summed E-state index contributed by atoms with van der Waals surface area (Å²) in [6.07, 6.45) is -5.76. The van der Waals surface area contributed by atoms with Crippen LogP contribution < -0.4 is 10.6 Å². The van der Waals surface area contributed by atoms with Gasteiger partial charge in [0.25, 0.3) is 0 Å². The zero-order chi connectivity index (χ0) is 14.2. The lowest BCUT2D eigenvalue weighted by molar-refractivity contribution is -0.139. The van der Waals surface area contributed by atoms with Crippen LogP contribution in [0.15, 0.2) is 0 Å². The minimum Gasteiger partial charge on any atom is -0.480 e. The standard InChI is InChI=1S/C9H15F3N2O4/c10-9(11,12)3-1-4-13-8(18)14-6(2-5-15)7(16)17/h6,15H,1-5H2,(H,16,17)(H2,13,14,18). The lowest BCUT2D eigenvalue weighted by Crippen LogP contribution is -2.46. The Morgan fingerprint density at radius 3 is 2.33 bits per heavy atom. The third-order valence-corrected chi connectivity index (χ3v) is 1.94. The van der Waals surface area contributed by atoms with Crippen molar-refractivity contribution >= 4 is 12.0 Å². The number of aliphatic carboxylic acids is 1. The number of hydrogen-bond acceptors (Lipinski definition) is 3. The molecule has 0 aromatic rings. The van der Waals surface area contributed by atoms with Crippen LogP contribution in [0.2, 0.25) is 0 Å². The van der Waals surface area contributed by atoms with E-state index in [1.54, 1.807) is 0 Å². The van der Waals surface area contributed by atoms with E-state index in [1.807, 2.05) is 5.32 Å². The summed E-state index contributed by atoms with van der Waals surface area (Å²) in [6, 6.07) is -2.14. The summed E-state index contributed by atoms with van der Waals surface area (Å²) in [5.74, 6) is -1.32. The van der Waals surface area contributed by atoms with Crippen molar-refractivity contribution in [1.82, 2.24) is 10.6 Å². The number of carboxylic acids is 1. The molecule has 1 unspecified atom stereocenters. The highest BCUT2D eigenvalue weighted by Gasteiger charge is 2.26. The Morgan fingerprint density at radius 1 is 1.28 bits per heavy atom. The molecule has 0 spiro atoms. The lowest BCUT2D eigenvalue weighted by Gasteiger charge is -2.14. The smallest absolute Gasteiger partial charge is 0.389 e. The maximum Gasteiger partial charge on any atom is 0.389 e. The van der Waals surface area contributed by atoms with E-state index in [2.05, 4.69) is 5.32 Å². The van der Waals surface area contributed by atoms with E-state index in [4.69, 9.17) is 10.2 Å². The number of halogens is 3. The number of urea groups is 1. The average molecular weight is 272 g/mol. The van der Waals surface area contributed by atoms with E-state index >= 15 is 0 Å². The molecule has 0 aliphatic heterocycles. The van der Waals surface area contributed by atoms with Gasteiger partial charge in [-0.15, -0.1) is 0 Å². The molecular formula is C9H15F3N2O4. The van der Waals surface area contributed by atoms with Gasteiger partial charge in [-0.2, -0.15) is 13.2 Å². The second kappa shape index (κ2) is 7.75. The molecule has 4 N–H and O–H groups in total. The fourth-order valence-corrected chi connectivity index (χ4v) is 1.09. The molecular weight excluding hydrogens is 257 g/mol. The summed E-state index contributed by atoms with van der Waals surface area (Å²) < 4.78 is 35.3. The summed E-state index contributed by atoms with van der Waals surface area (Å²) in [6.45, 7) is -0.637. The van der Waals surface area contributed by atoms with Crippen LogP contribution in [0.4, 0.5) is 18.0 Å². The summed E-state index contributed by atoms with van der Waals surface area (Å²) in [5, 5.41) is 21.3. The second-order valence-electron chi connectivity index (χ2n) is 3.52. The van der Waals surface area contributed by atoms with Gasteiger partial charge in [0, 0.05) is 26.0 Å². The Labute approximate surface area is 101 Å². The number of carbonyl (C=O) groups is 2. The monoisotopic (exact) mass is 272 g/mol. The first kappa shape index (κ1) is 16.5. The molecule has 0 saturated heterocycles. The number of nitrogens with one attached hydrogen (secondary N) is 2. The molecule has 0 radical (unpaired) electrons. The normalized spacial score (nSPS) is 12.9. The van der Waals surface area contributed by atoms with Gasteiger partial charge in [0.1, 0.15) is 6.04 Å². The zero-order valence-corrected chi connectivity index (χ0v) is 9.46. The van der Waals surface area contributed by atoms with Crippen LogP contribution in [0, 0.1) is 0 Å². The Hall–Kier alpha value is -1.51. The molecule has 0 heterocycles. The van der Waals surface area contributed by atoms with Crippen LogP contribution >= 0.6 is 0 Å². The van der Waals surface area contributed by atoms with E-state index in [-0.39, 0.29) is 19.4 Å². The van der Waals surface area contributed by atoms with Crippen molar-refractivity contribution in [3.05, 3.63) is 0 Å². The lowest BCUT2D eigenvalue weighted by atomic mass is 10.2. The highest BCUT2D eigenvalue weighted by molar-refractivity contribution is 5.82. The Balaban J connectivity index is 3.85. The van der Waals surface area contributed by atoms with Gasteiger partial charge in [-0.25, -0.2) is 9.59 Å². The van der Waals surface area contributed by atoms with Crippen LogP contribution in [-0.4, -0.2) is 47.6 Å². The van der Waals surface area contributed by atoms with Crippen molar-refractivity contribution in [2.24, 2.45) is 0 Å². The van der Waals surface area contributed by atoms with Gasteiger partial charge in [0.15, 0.2) is 0 Å². The van der Waals surface area contributed by atoms with Crippen LogP contribution in [0.3, 0.4) is 0 Å². The second-order valence-corrected chi connectivity index (χ2v) is 3.52. The van der Waals surface area contributed by atoms with Gasteiger partial charge in [0.2, 0.25) is 0 Å². The maximum atomic E-state index is 11.8. The van der Waals surface area contributed by atoms with Gasteiger partial charge in [0.05, 0.1) is 0 Å². The molecule has 9 heteroatoms. The SMILES string of the molecule is O=C(NCCCC(F)(F)F)NC(CCO)C(=O)O. The summed E-state index contributed by atoms with van der Waals surface area (Å²) in [4.78, 5) is 21.7. The zero-order valence-electron chi connectivity index (χ0n) is 9.46. The molecule has 0 aromatic carbocycles. The van der Waals surface area contributed by atoms with Gasteiger partial charge in [-0.1, -0.05) is 0 Å². The number of aliphatic hydroxyl groups excluding tert-OH is 1. The predicted molar refractivity (Wildman–Crippen MR) is 55.0 cm³/mol. The molecule has 0 saturated carbocycles. The van der Waals surface area contributed by atoms with E-state index in [0.717, 1.165) is 0 Å². The molecule has 106 valence electrons. The fourth-order valence-electron chi connectivity index (χ4n) is 1.09. The topological polar surface area (TPSA) is 98.7 Å². The van der Waals surface area contributed by atoms with Gasteiger partial charge < -0.3 is 20.8 Å². The minimum atomic E-state index is -4.28. The number of hydrogen-bond donors (Lipinski definition) is 4. The fraction of sp³-hybridized carbons (Fsp3) is 0.778. The first-order valence-corrected chi connectivity index (χ1v) is 5.21. The van der Waals surface area contributed by atoms with E-state index in [0.29, 0.717) is 0 Å². The molecule has 0 rings (SSSR count).